The molecular formula is C15H18N4O5S2. The smallest absolute Gasteiger partial charge is 0.342 e. The molecule has 2 amide bonds. The lowest BCUT2D eigenvalue weighted by molar-refractivity contribution is 0.239. The summed E-state index contributed by atoms with van der Waals surface area (Å²) in [5.41, 5.74) is 0.517. The molecule has 0 aliphatic carbocycles. The number of nitrogens with zero attached hydrogens (tertiary/aromatic N) is 3. The Morgan fingerprint density at radius 1 is 1.31 bits per heavy atom. The number of benzene rings is 1. The van der Waals surface area contributed by atoms with Gasteiger partial charge in [0.1, 0.15) is 0 Å². The molecule has 1 unspecified atom stereocenters. The van der Waals surface area contributed by atoms with Crippen LogP contribution in [0.2, 0.25) is 0 Å². The lowest BCUT2D eigenvalue weighted by Crippen LogP contribution is -2.43. The maximum absolute atomic E-state index is 12.8. The van der Waals surface area contributed by atoms with Crippen molar-refractivity contribution in [2.24, 2.45) is 0 Å². The van der Waals surface area contributed by atoms with Crippen molar-refractivity contribution in [2.75, 3.05) is 24.6 Å². The largest absolute Gasteiger partial charge is 0.615 e. The van der Waals surface area contributed by atoms with E-state index in [1.807, 2.05) is 0 Å². The van der Waals surface area contributed by atoms with E-state index in [4.69, 9.17) is 4.74 Å². The molecule has 2 rings (SSSR count). The van der Waals surface area contributed by atoms with Gasteiger partial charge >= 0.3 is 6.03 Å². The Morgan fingerprint density at radius 3 is 2.54 bits per heavy atom. The SMILES string of the molecule is COc1cc(C)nc(NC(=O)N(C[S+](C)[O-])S(=O)(=O)c2ccccc2)n1. The highest BCUT2D eigenvalue weighted by Crippen LogP contribution is 2.18. The van der Waals surface area contributed by atoms with Crippen molar-refractivity contribution in [1.82, 2.24) is 14.3 Å². The van der Waals surface area contributed by atoms with Crippen molar-refractivity contribution in [3.8, 4) is 5.88 Å². The Bertz CT molecular complexity index is 875. The number of aryl methyl sites for hydroxylation is 1. The van der Waals surface area contributed by atoms with E-state index >= 15 is 0 Å². The van der Waals surface area contributed by atoms with E-state index in [1.54, 1.807) is 19.1 Å². The first-order valence-electron chi connectivity index (χ1n) is 7.32. The fourth-order valence-corrected chi connectivity index (χ4v) is 4.45. The third kappa shape index (κ3) is 4.84. The van der Waals surface area contributed by atoms with Crippen molar-refractivity contribution < 1.29 is 22.5 Å². The quantitative estimate of drug-likeness (QED) is 0.728. The highest BCUT2D eigenvalue weighted by Gasteiger charge is 2.32. The topological polar surface area (TPSA) is 125 Å². The summed E-state index contributed by atoms with van der Waals surface area (Å²) in [5.74, 6) is -0.419. The zero-order chi connectivity index (χ0) is 19.3. The van der Waals surface area contributed by atoms with Crippen molar-refractivity contribution in [2.45, 2.75) is 11.8 Å². The van der Waals surface area contributed by atoms with E-state index in [0.717, 1.165) is 0 Å². The highest BCUT2D eigenvalue weighted by molar-refractivity contribution is 7.93. The minimum absolute atomic E-state index is 0.0941. The number of nitrogens with one attached hydrogen (secondary N) is 1. The number of rotatable bonds is 6. The van der Waals surface area contributed by atoms with Gasteiger partial charge in [0.2, 0.25) is 11.8 Å². The second-order valence-corrected chi connectivity index (χ2v) is 8.44. The fraction of sp³-hybridized carbons (Fsp3) is 0.267. The molecule has 1 atom stereocenters. The van der Waals surface area contributed by atoms with Crippen LogP contribution in [-0.4, -0.2) is 52.5 Å². The van der Waals surface area contributed by atoms with Gasteiger partial charge in [0.05, 0.1) is 18.3 Å². The number of aromatic nitrogens is 2. The second-order valence-electron chi connectivity index (χ2n) is 5.17. The Kier molecular flexibility index (Phi) is 6.40. The molecule has 1 N–H and O–H groups in total. The molecule has 1 heterocycles. The van der Waals surface area contributed by atoms with Gasteiger partial charge in [0.25, 0.3) is 10.0 Å². The molecule has 26 heavy (non-hydrogen) atoms. The maximum atomic E-state index is 12.8. The first kappa shape index (κ1) is 19.9. The standard InChI is InChI=1S/C15H18N4O5S2/c1-11-9-13(24-2)17-14(16-11)18-15(20)19(10-25(3)21)26(22,23)12-7-5-4-6-8-12/h4-9H,10H2,1-3H3,(H,16,17,18,20). The number of anilines is 1. The third-order valence-corrected chi connectivity index (χ3v) is 5.64. The lowest BCUT2D eigenvalue weighted by Gasteiger charge is -2.22. The van der Waals surface area contributed by atoms with E-state index in [2.05, 4.69) is 15.3 Å². The van der Waals surface area contributed by atoms with Crippen LogP contribution in [0.1, 0.15) is 5.69 Å². The van der Waals surface area contributed by atoms with E-state index in [9.17, 15) is 17.8 Å². The van der Waals surface area contributed by atoms with Crippen molar-refractivity contribution in [1.29, 1.82) is 0 Å². The Hall–Kier alpha value is -2.37. The zero-order valence-electron chi connectivity index (χ0n) is 14.4. The van der Waals surface area contributed by atoms with Crippen LogP contribution < -0.4 is 10.1 Å². The average Bonchev–Trinajstić information content (AvgIpc) is 2.59. The van der Waals surface area contributed by atoms with Gasteiger partial charge in [-0.15, -0.1) is 0 Å². The Balaban J connectivity index is 2.35. The number of methoxy groups -OCH3 is 1. The van der Waals surface area contributed by atoms with Gasteiger partial charge in [-0.1, -0.05) is 18.2 Å². The third-order valence-electron chi connectivity index (χ3n) is 3.12. The number of hydrogen-bond donors (Lipinski definition) is 1. The van der Waals surface area contributed by atoms with Crippen molar-refractivity contribution in [3.05, 3.63) is 42.1 Å². The summed E-state index contributed by atoms with van der Waals surface area (Å²) in [4.78, 5) is 20.4. The summed E-state index contributed by atoms with van der Waals surface area (Å²) in [6.45, 7) is 1.67. The number of ether oxygens (including phenoxy) is 1. The van der Waals surface area contributed by atoms with Crippen molar-refractivity contribution in [3.63, 3.8) is 0 Å². The van der Waals surface area contributed by atoms with Gasteiger partial charge in [-0.05, 0) is 30.2 Å². The average molecular weight is 398 g/mol. The molecule has 140 valence electrons. The number of urea groups is 1. The molecule has 0 aliphatic rings. The molecule has 0 spiro atoms. The normalized spacial score (nSPS) is 12.3. The van der Waals surface area contributed by atoms with Gasteiger partial charge in [-0.2, -0.15) is 9.29 Å². The summed E-state index contributed by atoms with van der Waals surface area (Å²) in [6.07, 6.45) is 1.30. The molecule has 2 aromatic rings. The Morgan fingerprint density at radius 2 is 1.96 bits per heavy atom. The molecular weight excluding hydrogens is 380 g/mol. The molecule has 0 saturated carbocycles. The summed E-state index contributed by atoms with van der Waals surface area (Å²) < 4.78 is 42.6. The number of sulfonamides is 1. The van der Waals surface area contributed by atoms with Crippen LogP contribution in [-0.2, 0) is 21.2 Å². The maximum Gasteiger partial charge on any atom is 0.342 e. The van der Waals surface area contributed by atoms with Crippen LogP contribution in [0, 0.1) is 6.92 Å². The summed E-state index contributed by atoms with van der Waals surface area (Å²) in [5, 5.41) is 2.31. The molecule has 0 radical (unpaired) electrons. The highest BCUT2D eigenvalue weighted by atomic mass is 32.2. The monoisotopic (exact) mass is 398 g/mol. The molecule has 0 fully saturated rings. The first-order chi connectivity index (χ1) is 12.2. The molecule has 0 saturated heterocycles. The van der Waals surface area contributed by atoms with Crippen LogP contribution >= 0.6 is 0 Å². The molecule has 9 nitrogen and oxygen atoms in total. The van der Waals surface area contributed by atoms with Crippen LogP contribution in [0.15, 0.2) is 41.3 Å². The Labute approximate surface area is 154 Å². The van der Waals surface area contributed by atoms with E-state index in [-0.39, 0.29) is 16.7 Å². The summed E-state index contributed by atoms with van der Waals surface area (Å²) in [6, 6.07) is 7.93. The van der Waals surface area contributed by atoms with Crippen LogP contribution in [0.4, 0.5) is 10.7 Å². The van der Waals surface area contributed by atoms with E-state index in [0.29, 0.717) is 10.00 Å². The minimum Gasteiger partial charge on any atom is -0.615 e. The lowest BCUT2D eigenvalue weighted by atomic mass is 10.4. The molecule has 1 aromatic heterocycles. The van der Waals surface area contributed by atoms with Gasteiger partial charge in [-0.25, -0.2) is 18.2 Å². The fourth-order valence-electron chi connectivity index (χ4n) is 1.98. The van der Waals surface area contributed by atoms with Crippen LogP contribution in [0.5, 0.6) is 5.88 Å². The number of carbonyl (C=O) groups excluding carboxylic acids is 1. The summed E-state index contributed by atoms with van der Waals surface area (Å²) >= 11 is -1.58. The van der Waals surface area contributed by atoms with Crippen molar-refractivity contribution >= 4 is 33.2 Å². The van der Waals surface area contributed by atoms with Gasteiger partial charge in [-0.3, -0.25) is 5.32 Å². The van der Waals surface area contributed by atoms with Crippen LogP contribution in [0.3, 0.4) is 0 Å². The molecule has 0 aliphatic heterocycles. The van der Waals surface area contributed by atoms with Gasteiger partial charge < -0.3 is 9.29 Å². The molecule has 11 heteroatoms. The predicted octanol–water partition coefficient (Wildman–Crippen LogP) is 1.35. The van der Waals surface area contributed by atoms with Gasteiger partial charge in [0.15, 0.2) is 5.88 Å². The zero-order valence-corrected chi connectivity index (χ0v) is 16.0. The number of amides is 2. The number of hydrogen-bond acceptors (Lipinski definition) is 7. The van der Waals surface area contributed by atoms with E-state index in [1.165, 1.54) is 37.6 Å². The predicted molar refractivity (Wildman–Crippen MR) is 96.7 cm³/mol. The van der Waals surface area contributed by atoms with Crippen LogP contribution in [0.25, 0.3) is 0 Å². The van der Waals surface area contributed by atoms with E-state index < -0.39 is 33.1 Å². The minimum atomic E-state index is -4.20. The number of carbonyl (C=O) groups is 1. The first-order valence-corrected chi connectivity index (χ1v) is 10.5. The molecule has 0 bridgehead atoms. The van der Waals surface area contributed by atoms with Gasteiger partial charge in [0, 0.05) is 11.8 Å². The summed E-state index contributed by atoms with van der Waals surface area (Å²) in [7, 11) is -2.80. The second kappa shape index (κ2) is 8.34. The molecule has 1 aromatic carbocycles.